The number of phenols is 1. The first kappa shape index (κ1) is 12.3. The second-order valence-corrected chi connectivity index (χ2v) is 4.56. The Balaban J connectivity index is 2.36. The molecule has 4 nitrogen and oxygen atoms in total. The Morgan fingerprint density at radius 1 is 1.00 bits per heavy atom. The van der Waals surface area contributed by atoms with Gasteiger partial charge in [0.15, 0.2) is 10.7 Å². The van der Waals surface area contributed by atoms with E-state index in [1.807, 2.05) is 30.3 Å². The maximum Gasteiger partial charge on any atom is 0.171 e. The molecule has 0 bridgehead atoms. The van der Waals surface area contributed by atoms with Gasteiger partial charge in [0, 0.05) is 11.8 Å². The first-order valence-electron chi connectivity index (χ1n) is 5.24. The van der Waals surface area contributed by atoms with Crippen LogP contribution < -0.4 is 0 Å². The van der Waals surface area contributed by atoms with Gasteiger partial charge >= 0.3 is 0 Å². The second-order valence-electron chi connectivity index (χ2n) is 3.57. The van der Waals surface area contributed by atoms with Crippen LogP contribution >= 0.6 is 0 Å². The first-order valence-corrected chi connectivity index (χ1v) is 6.42. The molecule has 0 aliphatic carbocycles. The van der Waals surface area contributed by atoms with Crippen LogP contribution in [0.25, 0.3) is 0 Å². The fraction of sp³-hybridized carbons (Fsp3) is 0. The summed E-state index contributed by atoms with van der Waals surface area (Å²) in [4.78, 5) is 4.06. The van der Waals surface area contributed by atoms with E-state index < -0.39 is 10.7 Å². The number of nitrogens with zero attached hydrogens (tertiary/aromatic N) is 1. The summed E-state index contributed by atoms with van der Waals surface area (Å²) in [7, 11) is -2.81. The summed E-state index contributed by atoms with van der Waals surface area (Å²) in [6.07, 6.45) is 1.44. The van der Waals surface area contributed by atoms with Gasteiger partial charge in [0.25, 0.3) is 0 Å². The summed E-state index contributed by atoms with van der Waals surface area (Å²) in [6, 6.07) is 13.7. The molecule has 0 heterocycles. The van der Waals surface area contributed by atoms with E-state index in [-0.39, 0.29) is 10.6 Å². The highest BCUT2D eigenvalue weighted by molar-refractivity contribution is 7.72. The molecule has 0 aliphatic heterocycles. The third kappa shape index (κ3) is 2.75. The Bertz CT molecular complexity index is 641. The minimum Gasteiger partial charge on any atom is -0.506 e. The highest BCUT2D eigenvalue weighted by Gasteiger charge is 2.06. The molecule has 0 fully saturated rings. The van der Waals surface area contributed by atoms with Gasteiger partial charge < -0.3 is 5.11 Å². The molecule has 0 aromatic heterocycles. The molecule has 92 valence electrons. The highest BCUT2D eigenvalue weighted by Crippen LogP contribution is 2.22. The normalized spacial score (nSPS) is 11.2. The van der Waals surface area contributed by atoms with E-state index in [1.165, 1.54) is 12.3 Å². The number of aliphatic imine (C=N–C) groups is 1. The smallest absolute Gasteiger partial charge is 0.171 e. The third-order valence-electron chi connectivity index (χ3n) is 2.35. The van der Waals surface area contributed by atoms with Crippen LogP contribution in [0.2, 0.25) is 0 Å². The third-order valence-corrected chi connectivity index (χ3v) is 3.11. The van der Waals surface area contributed by atoms with Crippen molar-refractivity contribution in [2.75, 3.05) is 0 Å². The average molecular weight is 261 g/mol. The van der Waals surface area contributed by atoms with Crippen molar-refractivity contribution in [2.45, 2.75) is 4.90 Å². The predicted octanol–water partition coefficient (Wildman–Crippen LogP) is 2.11. The molecule has 1 N–H and O–H groups in total. The molecule has 0 atom stereocenters. The van der Waals surface area contributed by atoms with Gasteiger partial charge in [-0.2, -0.15) is 0 Å². The summed E-state index contributed by atoms with van der Waals surface area (Å²) in [5, 5.41) is 9.76. The molecular formula is C13H11NO3S. The van der Waals surface area contributed by atoms with E-state index in [0.29, 0.717) is 5.56 Å². The first-order chi connectivity index (χ1) is 8.68. The zero-order valence-electron chi connectivity index (χ0n) is 9.35. The number of hydrogen-bond donors (Lipinski definition) is 2. The number of para-hydroxylation sites is 2. The summed E-state index contributed by atoms with van der Waals surface area (Å²) in [5.74, 6) is -0.270. The van der Waals surface area contributed by atoms with Gasteiger partial charge in [-0.1, -0.05) is 24.3 Å². The lowest BCUT2D eigenvalue weighted by Crippen LogP contribution is -1.88. The summed E-state index contributed by atoms with van der Waals surface area (Å²) in [5.41, 5.74) is 1.10. The van der Waals surface area contributed by atoms with Gasteiger partial charge in [-0.3, -0.25) is 4.99 Å². The number of hydrogen-bond acceptors (Lipinski definition) is 4. The Morgan fingerprint density at radius 3 is 2.39 bits per heavy atom. The van der Waals surface area contributed by atoms with Crippen molar-refractivity contribution in [3.05, 3.63) is 54.1 Å². The molecule has 5 heteroatoms. The van der Waals surface area contributed by atoms with Crippen LogP contribution in [0, 0.1) is 0 Å². The van der Waals surface area contributed by atoms with Crippen molar-refractivity contribution < 1.29 is 13.5 Å². The molecule has 2 aromatic carbocycles. The van der Waals surface area contributed by atoms with Gasteiger partial charge in [0.1, 0.15) is 10.6 Å². The fourth-order valence-electron chi connectivity index (χ4n) is 1.46. The number of benzene rings is 2. The molecular weight excluding hydrogens is 250 g/mol. The maximum atomic E-state index is 10.9. The number of thiol groups is 1. The van der Waals surface area contributed by atoms with E-state index in [0.717, 1.165) is 5.69 Å². The number of rotatable bonds is 3. The molecule has 0 saturated carbocycles. The van der Waals surface area contributed by atoms with Crippen LogP contribution in [-0.2, 0) is 10.7 Å². The quantitative estimate of drug-likeness (QED) is 0.657. The molecule has 0 radical (unpaired) electrons. The Hall–Kier alpha value is -2.14. The van der Waals surface area contributed by atoms with E-state index in [9.17, 15) is 13.5 Å². The molecule has 2 rings (SSSR count). The van der Waals surface area contributed by atoms with Crippen LogP contribution in [0.4, 0.5) is 5.69 Å². The summed E-state index contributed by atoms with van der Waals surface area (Å²) < 4.78 is 21.8. The van der Waals surface area contributed by atoms with E-state index in [2.05, 4.69) is 4.99 Å². The molecule has 0 amide bonds. The molecule has 0 aliphatic rings. The van der Waals surface area contributed by atoms with Crippen LogP contribution in [0.15, 0.2) is 58.4 Å². The molecule has 0 spiro atoms. The van der Waals surface area contributed by atoms with Crippen molar-refractivity contribution in [1.29, 1.82) is 0 Å². The Labute approximate surface area is 106 Å². The molecule has 0 saturated heterocycles. The largest absolute Gasteiger partial charge is 0.506 e. The van der Waals surface area contributed by atoms with E-state index in [1.54, 1.807) is 12.1 Å². The van der Waals surface area contributed by atoms with Gasteiger partial charge in [-0.25, -0.2) is 8.42 Å². The number of aromatic hydroxyl groups is 1. The van der Waals surface area contributed by atoms with Crippen LogP contribution in [0.3, 0.4) is 0 Å². The highest BCUT2D eigenvalue weighted by atomic mass is 32.2. The van der Waals surface area contributed by atoms with Crippen molar-refractivity contribution in [1.82, 2.24) is 0 Å². The maximum absolute atomic E-state index is 10.9. The van der Waals surface area contributed by atoms with Gasteiger partial charge in [-0.05, 0) is 24.3 Å². The van der Waals surface area contributed by atoms with Crippen molar-refractivity contribution >= 4 is 22.6 Å². The minimum atomic E-state index is -2.81. The zero-order valence-corrected chi connectivity index (χ0v) is 10.2. The van der Waals surface area contributed by atoms with Crippen molar-refractivity contribution in [2.24, 2.45) is 4.99 Å². The Kier molecular flexibility index (Phi) is 3.74. The second kappa shape index (κ2) is 5.46. The van der Waals surface area contributed by atoms with Gasteiger partial charge in [0.05, 0.1) is 5.69 Å². The molecule has 0 unspecified atom stereocenters. The van der Waals surface area contributed by atoms with Crippen molar-refractivity contribution in [3.63, 3.8) is 0 Å². The van der Waals surface area contributed by atoms with E-state index in [4.69, 9.17) is 0 Å². The predicted molar refractivity (Wildman–Crippen MR) is 70.4 cm³/mol. The van der Waals surface area contributed by atoms with Crippen LogP contribution in [0.1, 0.15) is 5.56 Å². The molecule has 18 heavy (non-hydrogen) atoms. The van der Waals surface area contributed by atoms with Gasteiger partial charge in [0.2, 0.25) is 0 Å². The lowest BCUT2D eigenvalue weighted by Gasteiger charge is -2.00. The van der Waals surface area contributed by atoms with E-state index >= 15 is 0 Å². The minimum absolute atomic E-state index is 0.0954. The summed E-state index contributed by atoms with van der Waals surface area (Å²) >= 11 is 0. The topological polar surface area (TPSA) is 66.7 Å². The van der Waals surface area contributed by atoms with Gasteiger partial charge in [-0.15, -0.1) is 0 Å². The number of phenolic OH excluding ortho intramolecular Hbond substituents is 1. The average Bonchev–Trinajstić information content (AvgIpc) is 2.38. The lowest BCUT2D eigenvalue weighted by atomic mass is 10.2. The summed E-state index contributed by atoms with van der Waals surface area (Å²) in [6.45, 7) is 0. The molecule has 2 aromatic rings. The fourth-order valence-corrected chi connectivity index (χ4v) is 1.97. The van der Waals surface area contributed by atoms with Crippen LogP contribution in [0.5, 0.6) is 5.75 Å². The zero-order chi connectivity index (χ0) is 13.0. The SMILES string of the molecule is O=[SH](=O)c1cccc(/C=N/c2ccccc2)c1O. The Morgan fingerprint density at radius 2 is 1.72 bits per heavy atom. The monoisotopic (exact) mass is 261 g/mol. The van der Waals surface area contributed by atoms with Crippen molar-refractivity contribution in [3.8, 4) is 5.75 Å². The standard InChI is InChI=1S/C13H11NO3S/c15-13-10(5-4-8-12(13)18(16)17)9-14-11-6-2-1-3-7-11/h1-9,15,18H/b14-9+. The van der Waals surface area contributed by atoms with Crippen LogP contribution in [-0.4, -0.2) is 19.7 Å². The lowest BCUT2D eigenvalue weighted by molar-refractivity contribution is 0.459.